The maximum absolute atomic E-state index is 11.0. The van der Waals surface area contributed by atoms with Gasteiger partial charge in [-0.2, -0.15) is 4.98 Å². The van der Waals surface area contributed by atoms with E-state index in [1.165, 1.54) is 18.2 Å². The molecule has 0 fully saturated rings. The van der Waals surface area contributed by atoms with Gasteiger partial charge in [0, 0.05) is 29.4 Å². The van der Waals surface area contributed by atoms with Crippen molar-refractivity contribution in [2.24, 2.45) is 0 Å². The highest BCUT2D eigenvalue weighted by molar-refractivity contribution is 6.30. The molecule has 0 aliphatic rings. The summed E-state index contributed by atoms with van der Waals surface area (Å²) in [6, 6.07) is 5.78. The van der Waals surface area contributed by atoms with Gasteiger partial charge in [0.15, 0.2) is 0 Å². The fourth-order valence-electron chi connectivity index (χ4n) is 1.66. The topological polar surface area (TPSA) is 90.2 Å². The Hall–Kier alpha value is -2.41. The summed E-state index contributed by atoms with van der Waals surface area (Å²) in [4.78, 5) is 18.8. The summed E-state index contributed by atoms with van der Waals surface area (Å²) in [6.45, 7) is 4.35. The van der Waals surface area contributed by atoms with Gasteiger partial charge in [-0.25, -0.2) is 4.98 Å². The van der Waals surface area contributed by atoms with Crippen LogP contribution in [0.2, 0.25) is 5.02 Å². The van der Waals surface area contributed by atoms with Crippen LogP contribution in [0.3, 0.4) is 0 Å². The van der Waals surface area contributed by atoms with Gasteiger partial charge >= 0.3 is 5.69 Å². The summed E-state index contributed by atoms with van der Waals surface area (Å²) in [6.07, 6.45) is 0. The monoisotopic (exact) mass is 308 g/mol. The summed E-state index contributed by atoms with van der Waals surface area (Å²) < 4.78 is 5.50. The van der Waals surface area contributed by atoms with Crippen molar-refractivity contribution in [2.75, 3.05) is 11.9 Å². The summed E-state index contributed by atoms with van der Waals surface area (Å²) in [5, 5.41) is 14.3. The molecule has 0 spiro atoms. The number of rotatable bonds is 5. The number of nitro benzene ring substituents is 1. The van der Waals surface area contributed by atoms with Gasteiger partial charge in [0.2, 0.25) is 17.6 Å². The van der Waals surface area contributed by atoms with E-state index >= 15 is 0 Å². The molecule has 21 heavy (non-hydrogen) atoms. The molecule has 1 aromatic carbocycles. The van der Waals surface area contributed by atoms with Gasteiger partial charge in [-0.15, -0.1) is 0 Å². The Labute approximate surface area is 126 Å². The van der Waals surface area contributed by atoms with Crippen LogP contribution in [0.25, 0.3) is 0 Å². The highest BCUT2D eigenvalue weighted by atomic mass is 35.5. The van der Waals surface area contributed by atoms with Crippen LogP contribution in [0.1, 0.15) is 12.6 Å². The van der Waals surface area contributed by atoms with Gasteiger partial charge in [-0.05, 0) is 26.0 Å². The molecule has 1 aromatic heterocycles. The smallest absolute Gasteiger partial charge is 0.313 e. The van der Waals surface area contributed by atoms with Gasteiger partial charge in [0.25, 0.3) is 0 Å². The zero-order chi connectivity index (χ0) is 15.4. The first-order valence-electron chi connectivity index (χ1n) is 6.21. The van der Waals surface area contributed by atoms with Gasteiger partial charge in [0.1, 0.15) is 0 Å². The maximum atomic E-state index is 11.0. The number of hydrogen-bond donors (Lipinski definition) is 1. The summed E-state index contributed by atoms with van der Waals surface area (Å²) in [5.41, 5.74) is 0.469. The lowest BCUT2D eigenvalue weighted by Gasteiger charge is -2.08. The molecular formula is C13H13ClN4O3. The molecule has 0 bridgehead atoms. The molecule has 0 saturated carbocycles. The van der Waals surface area contributed by atoms with E-state index in [1.54, 1.807) is 13.0 Å². The van der Waals surface area contributed by atoms with Crippen molar-refractivity contribution in [3.8, 4) is 11.6 Å². The second-order valence-corrected chi connectivity index (χ2v) is 4.61. The standard InChI is InChI=1S/C13H13ClN4O3/c1-3-15-13-16-8(2)6-12(17-13)21-11-5-4-9(14)7-10(11)18(19)20/h4-7H,3H2,1-2H3,(H,15,16,17). The fraction of sp³-hybridized carbons (Fsp3) is 0.231. The minimum atomic E-state index is -0.555. The fourth-order valence-corrected chi connectivity index (χ4v) is 1.83. The molecule has 8 heteroatoms. The van der Waals surface area contributed by atoms with E-state index in [-0.39, 0.29) is 22.3 Å². The van der Waals surface area contributed by atoms with Crippen molar-refractivity contribution < 1.29 is 9.66 Å². The number of nitrogens with zero attached hydrogens (tertiary/aromatic N) is 3. The average molecular weight is 309 g/mol. The number of hydrogen-bond acceptors (Lipinski definition) is 6. The van der Waals surface area contributed by atoms with Crippen molar-refractivity contribution >= 4 is 23.2 Å². The minimum absolute atomic E-state index is 0.0740. The van der Waals surface area contributed by atoms with Crippen molar-refractivity contribution in [1.82, 2.24) is 9.97 Å². The Morgan fingerprint density at radius 3 is 2.81 bits per heavy atom. The van der Waals surface area contributed by atoms with Crippen LogP contribution >= 0.6 is 11.6 Å². The van der Waals surface area contributed by atoms with Crippen molar-refractivity contribution in [3.05, 3.63) is 45.1 Å². The normalized spacial score (nSPS) is 10.2. The molecule has 0 amide bonds. The molecule has 1 N–H and O–H groups in total. The van der Waals surface area contributed by atoms with E-state index in [1.807, 2.05) is 6.92 Å². The Morgan fingerprint density at radius 1 is 1.38 bits per heavy atom. The number of aromatic nitrogens is 2. The van der Waals surface area contributed by atoms with Crippen molar-refractivity contribution in [3.63, 3.8) is 0 Å². The summed E-state index contributed by atoms with van der Waals surface area (Å²) >= 11 is 5.76. The number of nitro groups is 1. The first kappa shape index (κ1) is 15.0. The predicted octanol–water partition coefficient (Wildman–Crippen LogP) is 3.57. The molecule has 0 unspecified atom stereocenters. The molecule has 110 valence electrons. The first-order valence-corrected chi connectivity index (χ1v) is 6.58. The number of anilines is 1. The lowest BCUT2D eigenvalue weighted by Crippen LogP contribution is -2.04. The minimum Gasteiger partial charge on any atom is -0.432 e. The largest absolute Gasteiger partial charge is 0.432 e. The SMILES string of the molecule is CCNc1nc(C)cc(Oc2ccc(Cl)cc2[N+](=O)[O-])n1. The van der Waals surface area contributed by atoms with Crippen LogP contribution in [-0.4, -0.2) is 21.4 Å². The molecule has 2 rings (SSSR count). The Bertz CT molecular complexity index is 678. The second-order valence-electron chi connectivity index (χ2n) is 4.17. The third kappa shape index (κ3) is 3.79. The van der Waals surface area contributed by atoms with Crippen LogP contribution in [0.15, 0.2) is 24.3 Å². The predicted molar refractivity (Wildman–Crippen MR) is 79.1 cm³/mol. The number of ether oxygens (including phenoxy) is 1. The van der Waals surface area contributed by atoms with E-state index in [2.05, 4.69) is 15.3 Å². The number of halogens is 1. The molecular weight excluding hydrogens is 296 g/mol. The zero-order valence-electron chi connectivity index (χ0n) is 11.5. The van der Waals surface area contributed by atoms with Crippen LogP contribution in [-0.2, 0) is 0 Å². The Morgan fingerprint density at radius 2 is 2.14 bits per heavy atom. The van der Waals surface area contributed by atoms with Crippen molar-refractivity contribution in [2.45, 2.75) is 13.8 Å². The third-order valence-electron chi connectivity index (χ3n) is 2.50. The van der Waals surface area contributed by atoms with E-state index in [0.717, 1.165) is 0 Å². The number of benzene rings is 1. The second kappa shape index (κ2) is 6.36. The van der Waals surface area contributed by atoms with Crippen LogP contribution < -0.4 is 10.1 Å². The molecule has 0 saturated heterocycles. The molecule has 0 aliphatic carbocycles. The Balaban J connectivity index is 2.36. The van der Waals surface area contributed by atoms with Crippen LogP contribution in [0, 0.1) is 17.0 Å². The lowest BCUT2D eigenvalue weighted by atomic mass is 10.3. The highest BCUT2D eigenvalue weighted by Gasteiger charge is 2.17. The molecule has 2 aromatic rings. The van der Waals surface area contributed by atoms with Gasteiger partial charge < -0.3 is 10.1 Å². The van der Waals surface area contributed by atoms with Crippen molar-refractivity contribution in [1.29, 1.82) is 0 Å². The number of aryl methyl sites for hydroxylation is 1. The first-order chi connectivity index (χ1) is 9.99. The zero-order valence-corrected chi connectivity index (χ0v) is 12.2. The average Bonchev–Trinajstić information content (AvgIpc) is 2.40. The van der Waals surface area contributed by atoms with E-state index in [9.17, 15) is 10.1 Å². The summed E-state index contributed by atoms with van der Waals surface area (Å²) in [5.74, 6) is 0.706. The molecule has 0 aliphatic heterocycles. The van der Waals surface area contributed by atoms with Crippen LogP contribution in [0.5, 0.6) is 11.6 Å². The van der Waals surface area contributed by atoms with E-state index < -0.39 is 4.92 Å². The third-order valence-corrected chi connectivity index (χ3v) is 2.73. The molecule has 0 radical (unpaired) electrons. The molecule has 1 heterocycles. The Kier molecular flexibility index (Phi) is 4.54. The van der Waals surface area contributed by atoms with Gasteiger partial charge in [-0.3, -0.25) is 10.1 Å². The van der Waals surface area contributed by atoms with E-state index in [0.29, 0.717) is 18.2 Å². The van der Waals surface area contributed by atoms with E-state index in [4.69, 9.17) is 16.3 Å². The lowest BCUT2D eigenvalue weighted by molar-refractivity contribution is -0.385. The van der Waals surface area contributed by atoms with Gasteiger partial charge in [-0.1, -0.05) is 11.6 Å². The molecule has 0 atom stereocenters. The summed E-state index contributed by atoms with van der Waals surface area (Å²) in [7, 11) is 0. The molecule has 7 nitrogen and oxygen atoms in total. The maximum Gasteiger partial charge on any atom is 0.313 e. The quantitative estimate of drug-likeness (QED) is 0.670. The van der Waals surface area contributed by atoms with Gasteiger partial charge in [0.05, 0.1) is 4.92 Å². The van der Waals surface area contributed by atoms with Crippen LogP contribution in [0.4, 0.5) is 11.6 Å². The number of nitrogens with one attached hydrogen (secondary N) is 1. The highest BCUT2D eigenvalue weighted by Crippen LogP contribution is 2.33.